The van der Waals surface area contributed by atoms with Crippen LogP contribution in [0.25, 0.3) is 0 Å². The maximum Gasteiger partial charge on any atom is 0.264 e. The third-order valence-electron chi connectivity index (χ3n) is 2.59. The van der Waals surface area contributed by atoms with Crippen LogP contribution in [0.2, 0.25) is 5.02 Å². The van der Waals surface area contributed by atoms with Crippen molar-refractivity contribution in [3.63, 3.8) is 0 Å². The Labute approximate surface area is 113 Å². The Morgan fingerprint density at radius 2 is 1.94 bits per heavy atom. The molecular weight excluding hydrogens is 276 g/mol. The zero-order chi connectivity index (χ0) is 14.0. The summed E-state index contributed by atoms with van der Waals surface area (Å²) in [4.78, 5) is 0. The van der Waals surface area contributed by atoms with Gasteiger partial charge in [-0.15, -0.1) is 0 Å². The fourth-order valence-electron chi connectivity index (χ4n) is 1.46. The molecule has 0 bridgehead atoms. The molecule has 0 heterocycles. The first-order chi connectivity index (χ1) is 8.13. The van der Waals surface area contributed by atoms with Crippen molar-refractivity contribution in [2.75, 3.05) is 12.9 Å². The molecule has 1 aromatic rings. The predicted octanol–water partition coefficient (Wildman–Crippen LogP) is 2.38. The van der Waals surface area contributed by atoms with Gasteiger partial charge in [0.1, 0.15) is 0 Å². The van der Waals surface area contributed by atoms with E-state index in [1.165, 1.54) is 0 Å². The highest BCUT2D eigenvalue weighted by molar-refractivity contribution is 7.85. The van der Waals surface area contributed by atoms with Gasteiger partial charge < -0.3 is 5.11 Å². The van der Waals surface area contributed by atoms with Crippen LogP contribution in [0.15, 0.2) is 24.3 Å². The first kappa shape index (κ1) is 15.4. The molecular formula is C12H17ClO4S. The van der Waals surface area contributed by atoms with Crippen molar-refractivity contribution < 1.29 is 17.7 Å². The van der Waals surface area contributed by atoms with Gasteiger partial charge in [-0.2, -0.15) is 8.42 Å². The smallest absolute Gasteiger partial charge is 0.264 e. The zero-order valence-electron chi connectivity index (χ0n) is 10.6. The lowest BCUT2D eigenvalue weighted by Gasteiger charge is -2.30. The zero-order valence-corrected chi connectivity index (χ0v) is 12.1. The molecule has 4 nitrogen and oxygen atoms in total. The number of benzene rings is 1. The molecule has 0 saturated heterocycles. The summed E-state index contributed by atoms with van der Waals surface area (Å²) in [7, 11) is -3.53. The topological polar surface area (TPSA) is 63.6 Å². The van der Waals surface area contributed by atoms with Crippen molar-refractivity contribution in [1.29, 1.82) is 0 Å². The summed E-state index contributed by atoms with van der Waals surface area (Å²) < 4.78 is 26.7. The number of aliphatic hydroxyl groups is 1. The Morgan fingerprint density at radius 1 is 1.39 bits per heavy atom. The Kier molecular flexibility index (Phi) is 4.78. The van der Waals surface area contributed by atoms with Crippen molar-refractivity contribution in [2.24, 2.45) is 5.41 Å². The number of aliphatic hydroxyl groups excluding tert-OH is 1. The molecule has 18 heavy (non-hydrogen) atoms. The number of hydrogen-bond acceptors (Lipinski definition) is 4. The van der Waals surface area contributed by atoms with Gasteiger partial charge in [-0.1, -0.05) is 43.6 Å². The molecule has 0 aliphatic rings. The van der Waals surface area contributed by atoms with Crippen molar-refractivity contribution >= 4 is 21.7 Å². The van der Waals surface area contributed by atoms with E-state index in [0.29, 0.717) is 10.6 Å². The molecule has 102 valence electrons. The Bertz CT molecular complexity index is 511. The van der Waals surface area contributed by atoms with Crippen molar-refractivity contribution in [2.45, 2.75) is 20.0 Å². The van der Waals surface area contributed by atoms with Gasteiger partial charge in [0, 0.05) is 10.4 Å². The maximum absolute atomic E-state index is 11.0. The molecule has 0 aliphatic carbocycles. The standard InChI is InChI=1S/C12H17ClO4S/c1-12(2,8-17-18(3,15)16)11(14)9-6-4-5-7-10(9)13/h4-7,11,14H,8H2,1-3H3/t11-/m1/s1. The minimum Gasteiger partial charge on any atom is -0.388 e. The first-order valence-corrected chi connectivity index (χ1v) is 7.60. The van der Waals surface area contributed by atoms with Gasteiger partial charge in [-0.05, 0) is 11.6 Å². The summed E-state index contributed by atoms with van der Waals surface area (Å²) in [5.74, 6) is 0. The summed E-state index contributed by atoms with van der Waals surface area (Å²) >= 11 is 6.00. The lowest BCUT2D eigenvalue weighted by atomic mass is 9.83. The highest BCUT2D eigenvalue weighted by Gasteiger charge is 2.32. The minimum absolute atomic E-state index is 0.113. The predicted molar refractivity (Wildman–Crippen MR) is 71.0 cm³/mol. The van der Waals surface area contributed by atoms with Gasteiger partial charge in [-0.3, -0.25) is 4.18 Å². The van der Waals surface area contributed by atoms with Crippen LogP contribution < -0.4 is 0 Å². The normalized spacial score (nSPS) is 14.5. The van der Waals surface area contributed by atoms with E-state index in [-0.39, 0.29) is 6.61 Å². The molecule has 1 N–H and O–H groups in total. The van der Waals surface area contributed by atoms with Crippen LogP contribution in [0.1, 0.15) is 25.5 Å². The summed E-state index contributed by atoms with van der Waals surface area (Å²) in [5.41, 5.74) is -0.213. The lowest BCUT2D eigenvalue weighted by Crippen LogP contribution is -2.29. The third kappa shape index (κ3) is 4.24. The van der Waals surface area contributed by atoms with Gasteiger partial charge in [0.2, 0.25) is 0 Å². The highest BCUT2D eigenvalue weighted by Crippen LogP contribution is 2.36. The fourth-order valence-corrected chi connectivity index (χ4v) is 2.21. The van der Waals surface area contributed by atoms with E-state index < -0.39 is 21.6 Å². The molecule has 0 spiro atoms. The van der Waals surface area contributed by atoms with E-state index in [0.717, 1.165) is 6.26 Å². The maximum atomic E-state index is 11.0. The van der Waals surface area contributed by atoms with E-state index in [1.807, 2.05) is 0 Å². The summed E-state index contributed by atoms with van der Waals surface area (Å²) in [5, 5.41) is 10.7. The molecule has 1 atom stereocenters. The van der Waals surface area contributed by atoms with Crippen LogP contribution in [-0.4, -0.2) is 26.4 Å². The molecule has 0 aromatic heterocycles. The number of rotatable bonds is 5. The van der Waals surface area contributed by atoms with E-state index in [1.54, 1.807) is 38.1 Å². The number of halogens is 1. The van der Waals surface area contributed by atoms with Gasteiger partial charge in [0.05, 0.1) is 19.0 Å². The van der Waals surface area contributed by atoms with Crippen LogP contribution in [0.3, 0.4) is 0 Å². The minimum atomic E-state index is -3.53. The molecule has 0 saturated carbocycles. The molecule has 0 aliphatic heterocycles. The second-order valence-electron chi connectivity index (χ2n) is 4.88. The van der Waals surface area contributed by atoms with Gasteiger partial charge in [0.15, 0.2) is 0 Å². The second kappa shape index (κ2) is 5.57. The van der Waals surface area contributed by atoms with Crippen LogP contribution in [0.5, 0.6) is 0 Å². The van der Waals surface area contributed by atoms with E-state index in [9.17, 15) is 13.5 Å². The number of hydrogen-bond donors (Lipinski definition) is 1. The molecule has 6 heteroatoms. The monoisotopic (exact) mass is 292 g/mol. The van der Waals surface area contributed by atoms with Gasteiger partial charge in [0.25, 0.3) is 10.1 Å². The van der Waals surface area contributed by atoms with E-state index in [4.69, 9.17) is 15.8 Å². The van der Waals surface area contributed by atoms with Gasteiger partial charge >= 0.3 is 0 Å². The van der Waals surface area contributed by atoms with Crippen LogP contribution in [0.4, 0.5) is 0 Å². The molecule has 1 aromatic carbocycles. The first-order valence-electron chi connectivity index (χ1n) is 5.40. The molecule has 1 rings (SSSR count). The Hall–Kier alpha value is -0.620. The summed E-state index contributed by atoms with van der Waals surface area (Å²) in [6, 6.07) is 6.90. The lowest BCUT2D eigenvalue weighted by molar-refractivity contribution is 0.0163. The third-order valence-corrected chi connectivity index (χ3v) is 3.48. The van der Waals surface area contributed by atoms with Crippen molar-refractivity contribution in [1.82, 2.24) is 0 Å². The quantitative estimate of drug-likeness (QED) is 0.846. The fraction of sp³-hybridized carbons (Fsp3) is 0.500. The second-order valence-corrected chi connectivity index (χ2v) is 6.93. The van der Waals surface area contributed by atoms with E-state index >= 15 is 0 Å². The average molecular weight is 293 g/mol. The Morgan fingerprint density at radius 3 is 2.44 bits per heavy atom. The van der Waals surface area contributed by atoms with Crippen molar-refractivity contribution in [3.05, 3.63) is 34.9 Å². The van der Waals surface area contributed by atoms with Crippen LogP contribution in [-0.2, 0) is 14.3 Å². The van der Waals surface area contributed by atoms with Gasteiger partial charge in [-0.25, -0.2) is 0 Å². The summed E-state index contributed by atoms with van der Waals surface area (Å²) in [6.07, 6.45) is 0.0678. The highest BCUT2D eigenvalue weighted by atomic mass is 35.5. The largest absolute Gasteiger partial charge is 0.388 e. The van der Waals surface area contributed by atoms with Crippen LogP contribution >= 0.6 is 11.6 Å². The molecule has 0 fully saturated rings. The summed E-state index contributed by atoms with van der Waals surface area (Å²) in [6.45, 7) is 3.32. The Balaban J connectivity index is 2.88. The molecule has 0 unspecified atom stereocenters. The van der Waals surface area contributed by atoms with E-state index in [2.05, 4.69) is 0 Å². The average Bonchev–Trinajstić information content (AvgIpc) is 2.25. The van der Waals surface area contributed by atoms with Crippen LogP contribution in [0, 0.1) is 5.41 Å². The molecule has 0 amide bonds. The molecule has 0 radical (unpaired) electrons. The van der Waals surface area contributed by atoms with Crippen molar-refractivity contribution in [3.8, 4) is 0 Å². The SMILES string of the molecule is CC(C)(COS(C)(=O)=O)[C@H](O)c1ccccc1Cl.